The largest absolute Gasteiger partial charge is 0.462 e. The monoisotopic (exact) mass is 976 g/mol. The van der Waals surface area contributed by atoms with E-state index in [4.69, 9.17) is 4.74 Å². The van der Waals surface area contributed by atoms with E-state index in [-0.39, 0.29) is 24.9 Å². The number of aliphatic hydroxyl groups excluding tert-OH is 2. The molecule has 3 unspecified atom stereocenters. The molecule has 404 valence electrons. The van der Waals surface area contributed by atoms with Crippen molar-refractivity contribution in [3.8, 4) is 0 Å². The summed E-state index contributed by atoms with van der Waals surface area (Å²) in [6.07, 6.45) is 75.0. The minimum Gasteiger partial charge on any atom is -0.462 e. The SMILES string of the molecule is CCCCC/C=C\C/C=C\C/C=C\C/C=C\CCCC(=O)OC(CCCCCC/C=C\C/C=C\C/C=C\CCCCC)CC(=O)NC(CO)C(O)CCCCCCCCCCCCCCCCCCC. The summed E-state index contributed by atoms with van der Waals surface area (Å²) in [5, 5.41) is 23.9. The molecule has 0 aromatic rings. The highest BCUT2D eigenvalue weighted by Crippen LogP contribution is 2.18. The number of carbonyl (C=O) groups is 2. The summed E-state index contributed by atoms with van der Waals surface area (Å²) in [4.78, 5) is 26.3. The van der Waals surface area contributed by atoms with E-state index >= 15 is 0 Å². The maximum absolute atomic E-state index is 13.3. The molecule has 0 rings (SSSR count). The first-order valence-corrected chi connectivity index (χ1v) is 29.8. The lowest BCUT2D eigenvalue weighted by Crippen LogP contribution is -2.46. The van der Waals surface area contributed by atoms with Crippen molar-refractivity contribution in [2.24, 2.45) is 0 Å². The Balaban J connectivity index is 4.68. The molecule has 70 heavy (non-hydrogen) atoms. The van der Waals surface area contributed by atoms with Gasteiger partial charge in [-0.1, -0.05) is 254 Å². The van der Waals surface area contributed by atoms with Crippen LogP contribution in [0.4, 0.5) is 0 Å². The van der Waals surface area contributed by atoms with Gasteiger partial charge in [0.1, 0.15) is 6.10 Å². The molecule has 0 bridgehead atoms. The fraction of sp³-hybridized carbons (Fsp3) is 0.750. The molecule has 0 heterocycles. The second-order valence-corrected chi connectivity index (χ2v) is 20.0. The maximum atomic E-state index is 13.3. The van der Waals surface area contributed by atoms with E-state index in [0.717, 1.165) is 89.9 Å². The van der Waals surface area contributed by atoms with Crippen molar-refractivity contribution in [2.75, 3.05) is 6.61 Å². The van der Waals surface area contributed by atoms with Crippen LogP contribution < -0.4 is 5.32 Å². The molecule has 0 aromatic carbocycles. The number of aliphatic hydroxyl groups is 2. The van der Waals surface area contributed by atoms with E-state index in [9.17, 15) is 19.8 Å². The smallest absolute Gasteiger partial charge is 0.306 e. The van der Waals surface area contributed by atoms with E-state index in [1.165, 1.54) is 141 Å². The molecule has 0 aromatic heterocycles. The normalized spacial score (nSPS) is 13.7. The van der Waals surface area contributed by atoms with Gasteiger partial charge < -0.3 is 20.3 Å². The zero-order valence-electron chi connectivity index (χ0n) is 46.1. The lowest BCUT2D eigenvalue weighted by Gasteiger charge is -2.24. The highest BCUT2D eigenvalue weighted by molar-refractivity contribution is 5.77. The second-order valence-electron chi connectivity index (χ2n) is 20.0. The predicted octanol–water partition coefficient (Wildman–Crippen LogP) is 18.7. The Morgan fingerprint density at radius 1 is 0.414 bits per heavy atom. The van der Waals surface area contributed by atoms with Crippen LogP contribution in [0.1, 0.15) is 284 Å². The Hall–Kier alpha value is -2.96. The lowest BCUT2D eigenvalue weighted by atomic mass is 10.0. The zero-order chi connectivity index (χ0) is 50.9. The van der Waals surface area contributed by atoms with Crippen molar-refractivity contribution in [3.05, 3.63) is 85.1 Å². The first-order chi connectivity index (χ1) is 34.5. The van der Waals surface area contributed by atoms with Crippen molar-refractivity contribution in [1.29, 1.82) is 0 Å². The predicted molar refractivity (Wildman–Crippen MR) is 305 cm³/mol. The van der Waals surface area contributed by atoms with Crippen LogP contribution in [-0.4, -0.2) is 46.9 Å². The Kier molecular flexibility index (Phi) is 54.5. The third kappa shape index (κ3) is 51.4. The molecular weight excluding hydrogens is 863 g/mol. The Morgan fingerprint density at radius 2 is 0.729 bits per heavy atom. The summed E-state index contributed by atoms with van der Waals surface area (Å²) in [7, 11) is 0. The van der Waals surface area contributed by atoms with Gasteiger partial charge in [-0.25, -0.2) is 0 Å². The molecule has 1 amide bonds. The number of unbranched alkanes of at least 4 members (excludes halogenated alkanes) is 27. The van der Waals surface area contributed by atoms with Gasteiger partial charge in [0.2, 0.25) is 5.91 Å². The van der Waals surface area contributed by atoms with Crippen LogP contribution in [0.5, 0.6) is 0 Å². The Labute approximate surface area is 433 Å². The fourth-order valence-corrected chi connectivity index (χ4v) is 8.67. The molecule has 0 radical (unpaired) electrons. The van der Waals surface area contributed by atoms with E-state index in [1.807, 2.05) is 0 Å². The highest BCUT2D eigenvalue weighted by Gasteiger charge is 2.24. The lowest BCUT2D eigenvalue weighted by molar-refractivity contribution is -0.151. The van der Waals surface area contributed by atoms with Crippen LogP contribution in [0.25, 0.3) is 0 Å². The summed E-state index contributed by atoms with van der Waals surface area (Å²) in [5.74, 6) is -0.560. The number of esters is 1. The van der Waals surface area contributed by atoms with Gasteiger partial charge in [0.05, 0.1) is 25.2 Å². The third-order valence-electron chi connectivity index (χ3n) is 13.2. The number of ether oxygens (including phenoxy) is 1. The fourth-order valence-electron chi connectivity index (χ4n) is 8.67. The van der Waals surface area contributed by atoms with Gasteiger partial charge in [0.15, 0.2) is 0 Å². The number of hydrogen-bond donors (Lipinski definition) is 3. The summed E-state index contributed by atoms with van der Waals surface area (Å²) in [6, 6.07) is -0.726. The summed E-state index contributed by atoms with van der Waals surface area (Å²) in [5.41, 5.74) is 0. The maximum Gasteiger partial charge on any atom is 0.306 e. The molecular formula is C64H113NO5. The molecule has 0 fully saturated rings. The zero-order valence-corrected chi connectivity index (χ0v) is 46.1. The number of carbonyl (C=O) groups excluding carboxylic acids is 2. The van der Waals surface area contributed by atoms with Crippen molar-refractivity contribution in [2.45, 2.75) is 302 Å². The van der Waals surface area contributed by atoms with Gasteiger partial charge in [-0.05, 0) is 103 Å². The number of allylic oxidation sites excluding steroid dienone is 14. The molecule has 0 aliphatic rings. The minimum absolute atomic E-state index is 0.0379. The summed E-state index contributed by atoms with van der Waals surface area (Å²) < 4.78 is 5.93. The van der Waals surface area contributed by atoms with Crippen molar-refractivity contribution < 1.29 is 24.5 Å². The average Bonchev–Trinajstić information content (AvgIpc) is 3.35. The molecule has 0 saturated heterocycles. The van der Waals surface area contributed by atoms with Crippen LogP contribution in [0.3, 0.4) is 0 Å². The molecule has 6 nitrogen and oxygen atoms in total. The highest BCUT2D eigenvalue weighted by atomic mass is 16.5. The van der Waals surface area contributed by atoms with E-state index in [0.29, 0.717) is 25.7 Å². The molecule has 0 aliphatic carbocycles. The van der Waals surface area contributed by atoms with Gasteiger partial charge in [-0.15, -0.1) is 0 Å². The van der Waals surface area contributed by atoms with Crippen LogP contribution in [0, 0.1) is 0 Å². The van der Waals surface area contributed by atoms with E-state index < -0.39 is 18.2 Å². The standard InChI is InChI=1S/C64H113NO5/c1-4-7-10-13-16-19-22-25-28-31-34-37-40-43-46-49-52-55-60(70-64(69)57-54-51-48-45-42-39-36-33-30-27-24-21-18-15-12-9-6-3)58-63(68)65-61(59-66)62(67)56-53-50-47-44-41-38-35-32-29-26-23-20-17-14-11-8-5-2/h16,18-19,21,25,27-28,30,34,36-37,39,45,48,60-62,66-67H,4-15,17,20,22-24,26,29,31-33,35,38,40-44,46-47,49-59H2,1-3H3,(H,65,68)/b19-16-,21-18-,28-25-,30-27-,37-34-,39-36-,48-45-. The van der Waals surface area contributed by atoms with Gasteiger partial charge >= 0.3 is 5.97 Å². The summed E-state index contributed by atoms with van der Waals surface area (Å²) >= 11 is 0. The van der Waals surface area contributed by atoms with E-state index in [2.05, 4.69) is 111 Å². The average molecular weight is 977 g/mol. The number of hydrogen-bond acceptors (Lipinski definition) is 5. The van der Waals surface area contributed by atoms with Crippen LogP contribution in [0.2, 0.25) is 0 Å². The van der Waals surface area contributed by atoms with E-state index in [1.54, 1.807) is 0 Å². The quantitative estimate of drug-likeness (QED) is 0.0321. The second kappa shape index (κ2) is 56.9. The summed E-state index contributed by atoms with van der Waals surface area (Å²) in [6.45, 7) is 6.43. The molecule has 0 aliphatic heterocycles. The van der Waals surface area contributed by atoms with Crippen molar-refractivity contribution in [3.63, 3.8) is 0 Å². The molecule has 6 heteroatoms. The van der Waals surface area contributed by atoms with Gasteiger partial charge in [0.25, 0.3) is 0 Å². The Bertz CT molecular complexity index is 1330. The van der Waals surface area contributed by atoms with Gasteiger partial charge in [0, 0.05) is 6.42 Å². The van der Waals surface area contributed by atoms with Crippen molar-refractivity contribution in [1.82, 2.24) is 5.32 Å². The number of rotatable bonds is 53. The van der Waals surface area contributed by atoms with Gasteiger partial charge in [-0.3, -0.25) is 9.59 Å². The molecule has 3 N–H and O–H groups in total. The van der Waals surface area contributed by atoms with Gasteiger partial charge in [-0.2, -0.15) is 0 Å². The third-order valence-corrected chi connectivity index (χ3v) is 13.2. The van der Waals surface area contributed by atoms with Crippen molar-refractivity contribution >= 4 is 11.9 Å². The molecule has 0 saturated carbocycles. The van der Waals surface area contributed by atoms with Crippen LogP contribution >= 0.6 is 0 Å². The van der Waals surface area contributed by atoms with Crippen LogP contribution in [0.15, 0.2) is 85.1 Å². The minimum atomic E-state index is -0.809. The Morgan fingerprint density at radius 3 is 1.13 bits per heavy atom. The number of amides is 1. The number of nitrogens with one attached hydrogen (secondary N) is 1. The molecule has 0 spiro atoms. The first kappa shape index (κ1) is 67.0. The van der Waals surface area contributed by atoms with Crippen LogP contribution in [-0.2, 0) is 14.3 Å². The molecule has 3 atom stereocenters. The topological polar surface area (TPSA) is 95.9 Å². The first-order valence-electron chi connectivity index (χ1n) is 29.8.